The molecule has 4 rings (SSSR count). The number of hydrogen-bond acceptors (Lipinski definition) is 5. The highest BCUT2D eigenvalue weighted by Gasteiger charge is 2.27. The third-order valence-corrected chi connectivity index (χ3v) is 5.54. The molecule has 7 heteroatoms. The van der Waals surface area contributed by atoms with Gasteiger partial charge in [-0.25, -0.2) is 13.6 Å². The van der Waals surface area contributed by atoms with Crippen molar-refractivity contribution in [2.24, 2.45) is 5.14 Å². The summed E-state index contributed by atoms with van der Waals surface area (Å²) in [5, 5.41) is 5.36. The molecule has 0 saturated carbocycles. The molecule has 2 N–H and O–H groups in total. The molecule has 0 aliphatic carbocycles. The molecule has 0 saturated heterocycles. The van der Waals surface area contributed by atoms with Gasteiger partial charge in [0.05, 0.1) is 4.90 Å². The van der Waals surface area contributed by atoms with Gasteiger partial charge in [-0.15, -0.1) is 0 Å². The normalized spacial score (nSPS) is 15.5. The number of fused-ring (bicyclic) bond motifs is 1. The molecule has 3 aromatic rings. The number of nitrogens with two attached hydrogens (primary N) is 1. The summed E-state index contributed by atoms with van der Waals surface area (Å²) in [6.07, 6.45) is -0.557. The van der Waals surface area contributed by atoms with Crippen LogP contribution in [0.15, 0.2) is 71.6 Å². The maximum Gasteiger partial charge on any atom is 0.268 e. The summed E-state index contributed by atoms with van der Waals surface area (Å²) in [5.74, 6) is 1.17. The van der Waals surface area contributed by atoms with E-state index in [1.807, 2.05) is 43.3 Å². The number of primary sulfonamides is 1. The standard InChI is InChI=1S/C21H20N2O4S/c1-23(2)16-7-5-6-15(12-16)21-26-18-11-10-14(13-19(18)27-21)17-8-3-4-9-20(17)28(22,24)25/h3-13,21H,1-2H3,(H2,22,24,25). The maximum absolute atomic E-state index is 11.9. The van der Waals surface area contributed by atoms with Crippen LogP contribution in [0.1, 0.15) is 11.9 Å². The van der Waals surface area contributed by atoms with E-state index in [0.717, 1.165) is 11.3 Å². The first-order valence-corrected chi connectivity index (χ1v) is 10.2. The van der Waals surface area contributed by atoms with E-state index in [1.54, 1.807) is 36.4 Å². The van der Waals surface area contributed by atoms with Crippen molar-refractivity contribution in [3.8, 4) is 22.6 Å². The Bertz CT molecular complexity index is 1140. The van der Waals surface area contributed by atoms with E-state index in [1.165, 1.54) is 6.07 Å². The summed E-state index contributed by atoms with van der Waals surface area (Å²) in [6, 6.07) is 19.9. The van der Waals surface area contributed by atoms with Crippen molar-refractivity contribution in [2.45, 2.75) is 11.2 Å². The molecule has 0 fully saturated rings. The van der Waals surface area contributed by atoms with Crippen LogP contribution in [0.2, 0.25) is 0 Å². The molecule has 0 amide bonds. The Hall–Kier alpha value is -3.03. The Morgan fingerprint density at radius 3 is 2.39 bits per heavy atom. The number of ether oxygens (including phenoxy) is 2. The zero-order valence-corrected chi connectivity index (χ0v) is 16.3. The summed E-state index contributed by atoms with van der Waals surface area (Å²) in [6.45, 7) is 0. The molecule has 1 aliphatic heterocycles. The van der Waals surface area contributed by atoms with Gasteiger partial charge in [0, 0.05) is 30.9 Å². The van der Waals surface area contributed by atoms with Crippen LogP contribution in [0.5, 0.6) is 11.5 Å². The molecule has 28 heavy (non-hydrogen) atoms. The number of sulfonamides is 1. The molecule has 0 bridgehead atoms. The highest BCUT2D eigenvalue weighted by Crippen LogP contribution is 2.43. The topological polar surface area (TPSA) is 81.9 Å². The molecule has 144 valence electrons. The lowest BCUT2D eigenvalue weighted by Crippen LogP contribution is -2.13. The third-order valence-electron chi connectivity index (χ3n) is 4.58. The number of anilines is 1. The molecule has 0 radical (unpaired) electrons. The first-order valence-electron chi connectivity index (χ1n) is 8.70. The fourth-order valence-electron chi connectivity index (χ4n) is 3.16. The van der Waals surface area contributed by atoms with Crippen LogP contribution in [0.4, 0.5) is 5.69 Å². The Morgan fingerprint density at radius 1 is 0.893 bits per heavy atom. The molecule has 1 heterocycles. The number of rotatable bonds is 4. The van der Waals surface area contributed by atoms with Gasteiger partial charge in [-0.05, 0) is 35.9 Å². The van der Waals surface area contributed by atoms with Crippen LogP contribution in [0.25, 0.3) is 11.1 Å². The molecule has 1 aliphatic rings. The van der Waals surface area contributed by atoms with E-state index in [0.29, 0.717) is 22.6 Å². The summed E-state index contributed by atoms with van der Waals surface area (Å²) in [5.41, 5.74) is 3.15. The lowest BCUT2D eigenvalue weighted by atomic mass is 10.1. The Labute approximate surface area is 164 Å². The zero-order valence-electron chi connectivity index (χ0n) is 15.5. The fourth-order valence-corrected chi connectivity index (χ4v) is 3.92. The number of benzene rings is 3. The van der Waals surface area contributed by atoms with Crippen LogP contribution in [-0.4, -0.2) is 22.5 Å². The second-order valence-electron chi connectivity index (χ2n) is 6.76. The molecule has 6 nitrogen and oxygen atoms in total. The highest BCUT2D eigenvalue weighted by molar-refractivity contribution is 7.89. The zero-order chi connectivity index (χ0) is 19.9. The highest BCUT2D eigenvalue weighted by atomic mass is 32.2. The van der Waals surface area contributed by atoms with Gasteiger partial charge in [-0.3, -0.25) is 0 Å². The number of nitrogens with zero attached hydrogens (tertiary/aromatic N) is 1. The van der Waals surface area contributed by atoms with E-state index in [9.17, 15) is 8.42 Å². The average molecular weight is 396 g/mol. The van der Waals surface area contributed by atoms with Crippen molar-refractivity contribution in [3.63, 3.8) is 0 Å². The van der Waals surface area contributed by atoms with Crippen LogP contribution in [0, 0.1) is 0 Å². The second kappa shape index (κ2) is 6.85. The lowest BCUT2D eigenvalue weighted by Gasteiger charge is -2.16. The van der Waals surface area contributed by atoms with Crippen molar-refractivity contribution in [1.82, 2.24) is 0 Å². The van der Waals surface area contributed by atoms with Gasteiger partial charge in [0.15, 0.2) is 11.5 Å². The summed E-state index contributed by atoms with van der Waals surface area (Å²) in [4.78, 5) is 2.08. The molecule has 0 spiro atoms. The molecule has 1 atom stereocenters. The number of hydrogen-bond donors (Lipinski definition) is 1. The molecule has 1 unspecified atom stereocenters. The van der Waals surface area contributed by atoms with Gasteiger partial charge in [0.1, 0.15) is 0 Å². The average Bonchev–Trinajstić information content (AvgIpc) is 3.11. The quantitative estimate of drug-likeness (QED) is 0.729. The molecular formula is C21H20N2O4S. The fraction of sp³-hybridized carbons (Fsp3) is 0.143. The molecule has 0 aromatic heterocycles. The van der Waals surface area contributed by atoms with Crippen molar-refractivity contribution in [2.75, 3.05) is 19.0 Å². The van der Waals surface area contributed by atoms with E-state index < -0.39 is 16.3 Å². The van der Waals surface area contributed by atoms with Crippen LogP contribution in [-0.2, 0) is 10.0 Å². The Balaban J connectivity index is 1.67. The molecule has 3 aromatic carbocycles. The van der Waals surface area contributed by atoms with Gasteiger partial charge in [-0.1, -0.05) is 36.4 Å². The van der Waals surface area contributed by atoms with Gasteiger partial charge in [0.25, 0.3) is 6.29 Å². The smallest absolute Gasteiger partial charge is 0.268 e. The van der Waals surface area contributed by atoms with E-state index in [2.05, 4.69) is 0 Å². The van der Waals surface area contributed by atoms with E-state index >= 15 is 0 Å². The van der Waals surface area contributed by atoms with E-state index in [4.69, 9.17) is 14.6 Å². The van der Waals surface area contributed by atoms with Crippen molar-refractivity contribution in [3.05, 3.63) is 72.3 Å². The summed E-state index contributed by atoms with van der Waals surface area (Å²) >= 11 is 0. The van der Waals surface area contributed by atoms with E-state index in [-0.39, 0.29) is 4.90 Å². The van der Waals surface area contributed by atoms with Crippen molar-refractivity contribution >= 4 is 15.7 Å². The Kier molecular flexibility index (Phi) is 4.49. The summed E-state index contributed by atoms with van der Waals surface area (Å²) < 4.78 is 35.7. The van der Waals surface area contributed by atoms with Crippen molar-refractivity contribution in [1.29, 1.82) is 0 Å². The molecular weight excluding hydrogens is 376 g/mol. The van der Waals surface area contributed by atoms with Crippen molar-refractivity contribution < 1.29 is 17.9 Å². The second-order valence-corrected chi connectivity index (χ2v) is 8.29. The Morgan fingerprint density at radius 2 is 1.64 bits per heavy atom. The minimum absolute atomic E-state index is 0.0732. The third kappa shape index (κ3) is 3.42. The van der Waals surface area contributed by atoms with Crippen LogP contribution in [0.3, 0.4) is 0 Å². The largest absolute Gasteiger partial charge is 0.447 e. The predicted octanol–water partition coefficient (Wildman–Crippen LogP) is 3.54. The first kappa shape index (κ1) is 18.3. The maximum atomic E-state index is 11.9. The first-order chi connectivity index (χ1) is 13.3. The van der Waals surface area contributed by atoms with Gasteiger partial charge >= 0.3 is 0 Å². The van der Waals surface area contributed by atoms with Gasteiger partial charge in [0.2, 0.25) is 10.0 Å². The van der Waals surface area contributed by atoms with Crippen LogP contribution >= 0.6 is 0 Å². The SMILES string of the molecule is CN(C)c1cccc(C2Oc3ccc(-c4ccccc4S(N)(=O)=O)cc3O2)c1. The lowest BCUT2D eigenvalue weighted by molar-refractivity contribution is 0.0487. The minimum Gasteiger partial charge on any atom is -0.447 e. The monoisotopic (exact) mass is 396 g/mol. The van der Waals surface area contributed by atoms with Gasteiger partial charge < -0.3 is 14.4 Å². The minimum atomic E-state index is -3.84. The van der Waals surface area contributed by atoms with Gasteiger partial charge in [-0.2, -0.15) is 0 Å². The predicted molar refractivity (Wildman–Crippen MR) is 108 cm³/mol. The van der Waals surface area contributed by atoms with Crippen LogP contribution < -0.4 is 19.5 Å². The summed E-state index contributed by atoms with van der Waals surface area (Å²) in [7, 11) is 0.104.